The second-order valence-electron chi connectivity index (χ2n) is 8.42. The number of carbonyl (C=O) groups excluding carboxylic acids is 1. The average Bonchev–Trinajstić information content (AvgIpc) is 3.10. The van der Waals surface area contributed by atoms with Gasteiger partial charge in [-0.3, -0.25) is 9.69 Å². The zero-order chi connectivity index (χ0) is 21.8. The normalized spacial score (nSPS) is 22.7. The molecule has 3 aromatic carbocycles. The number of benzene rings is 3. The van der Waals surface area contributed by atoms with E-state index in [1.54, 1.807) is 0 Å². The van der Waals surface area contributed by atoms with Crippen molar-refractivity contribution in [3.05, 3.63) is 107 Å². The Morgan fingerprint density at radius 3 is 2.38 bits per heavy atom. The quantitative estimate of drug-likeness (QED) is 0.606. The lowest BCUT2D eigenvalue weighted by atomic mass is 9.93. The van der Waals surface area contributed by atoms with E-state index in [0.717, 1.165) is 42.7 Å². The number of hydrogen-bond acceptors (Lipinski definition) is 4. The van der Waals surface area contributed by atoms with Crippen LogP contribution in [0.2, 0.25) is 0 Å². The Balaban J connectivity index is 1.55. The van der Waals surface area contributed by atoms with E-state index in [0.29, 0.717) is 24.8 Å². The van der Waals surface area contributed by atoms with E-state index in [4.69, 9.17) is 4.74 Å². The predicted octanol–water partition coefficient (Wildman–Crippen LogP) is 3.51. The third-order valence-corrected chi connectivity index (χ3v) is 6.40. The van der Waals surface area contributed by atoms with E-state index >= 15 is 0 Å². The van der Waals surface area contributed by atoms with E-state index in [1.165, 1.54) is 0 Å². The van der Waals surface area contributed by atoms with E-state index in [-0.39, 0.29) is 5.91 Å². The molecule has 5 nitrogen and oxygen atoms in total. The molecule has 2 N–H and O–H groups in total. The van der Waals surface area contributed by atoms with Crippen molar-refractivity contribution in [3.8, 4) is 0 Å². The Labute approximate surface area is 189 Å². The van der Waals surface area contributed by atoms with Gasteiger partial charge in [0.05, 0.1) is 6.61 Å². The summed E-state index contributed by atoms with van der Waals surface area (Å²) in [6.07, 6.45) is 0.872. The lowest BCUT2D eigenvalue weighted by molar-refractivity contribution is -0.113. The number of amides is 1. The topological polar surface area (TPSA) is 53.6 Å². The van der Waals surface area contributed by atoms with Gasteiger partial charge in [-0.15, -0.1) is 0 Å². The molecular formula is C27H29N3O2. The SMILES string of the molecule is O=C1c2ccccc2C(OCCC2CNCCN2)(c2ccccc2)N1Cc1ccccc1. The molecule has 32 heavy (non-hydrogen) atoms. The highest BCUT2D eigenvalue weighted by Gasteiger charge is 2.52. The first kappa shape index (κ1) is 20.9. The molecule has 2 atom stereocenters. The van der Waals surface area contributed by atoms with Crippen LogP contribution in [0.1, 0.15) is 33.5 Å². The van der Waals surface area contributed by atoms with Crippen molar-refractivity contribution in [2.75, 3.05) is 26.2 Å². The Morgan fingerprint density at radius 1 is 0.906 bits per heavy atom. The summed E-state index contributed by atoms with van der Waals surface area (Å²) in [7, 11) is 0. The predicted molar refractivity (Wildman–Crippen MR) is 125 cm³/mol. The molecule has 0 aromatic heterocycles. The van der Waals surface area contributed by atoms with Crippen LogP contribution in [0.25, 0.3) is 0 Å². The first-order valence-corrected chi connectivity index (χ1v) is 11.4. The minimum Gasteiger partial charge on any atom is -0.347 e. The number of nitrogens with zero attached hydrogens (tertiary/aromatic N) is 1. The molecule has 1 saturated heterocycles. The van der Waals surface area contributed by atoms with Crippen LogP contribution in [0.15, 0.2) is 84.9 Å². The minimum absolute atomic E-state index is 0.00534. The van der Waals surface area contributed by atoms with Crippen LogP contribution in [0, 0.1) is 0 Å². The van der Waals surface area contributed by atoms with Gasteiger partial charge in [0.15, 0.2) is 5.72 Å². The van der Waals surface area contributed by atoms with E-state index in [2.05, 4.69) is 34.9 Å². The number of hydrogen-bond donors (Lipinski definition) is 2. The van der Waals surface area contributed by atoms with Crippen molar-refractivity contribution >= 4 is 5.91 Å². The average molecular weight is 428 g/mol. The molecule has 2 aliphatic heterocycles. The molecule has 164 valence electrons. The van der Waals surface area contributed by atoms with Gasteiger partial charge < -0.3 is 15.4 Å². The summed E-state index contributed by atoms with van der Waals surface area (Å²) < 4.78 is 6.80. The van der Waals surface area contributed by atoms with Gasteiger partial charge in [-0.1, -0.05) is 78.9 Å². The van der Waals surface area contributed by atoms with Crippen molar-refractivity contribution in [2.24, 2.45) is 0 Å². The third-order valence-electron chi connectivity index (χ3n) is 6.40. The van der Waals surface area contributed by atoms with Gasteiger partial charge in [-0.2, -0.15) is 0 Å². The van der Waals surface area contributed by atoms with Crippen molar-refractivity contribution in [3.63, 3.8) is 0 Å². The number of ether oxygens (including phenoxy) is 1. The molecule has 2 heterocycles. The second-order valence-corrected chi connectivity index (χ2v) is 8.42. The second kappa shape index (κ2) is 9.25. The third kappa shape index (κ3) is 3.84. The van der Waals surface area contributed by atoms with Crippen molar-refractivity contribution in [1.82, 2.24) is 15.5 Å². The molecule has 0 saturated carbocycles. The lowest BCUT2D eigenvalue weighted by Gasteiger charge is -2.40. The molecule has 0 aliphatic carbocycles. The smallest absolute Gasteiger partial charge is 0.257 e. The first-order valence-electron chi connectivity index (χ1n) is 11.4. The summed E-state index contributed by atoms with van der Waals surface area (Å²) in [5.74, 6) is 0.00534. The molecule has 0 radical (unpaired) electrons. The van der Waals surface area contributed by atoms with Crippen LogP contribution >= 0.6 is 0 Å². The van der Waals surface area contributed by atoms with Gasteiger partial charge in [-0.05, 0) is 18.1 Å². The number of fused-ring (bicyclic) bond motifs is 1. The number of rotatable bonds is 7. The van der Waals surface area contributed by atoms with Crippen LogP contribution < -0.4 is 10.6 Å². The van der Waals surface area contributed by atoms with Gasteiger partial charge in [0, 0.05) is 48.9 Å². The van der Waals surface area contributed by atoms with Gasteiger partial charge >= 0.3 is 0 Å². The maximum Gasteiger partial charge on any atom is 0.257 e. The zero-order valence-corrected chi connectivity index (χ0v) is 18.2. The van der Waals surface area contributed by atoms with Crippen LogP contribution in [-0.2, 0) is 17.0 Å². The molecule has 2 aliphatic rings. The van der Waals surface area contributed by atoms with Crippen LogP contribution in [0.3, 0.4) is 0 Å². The van der Waals surface area contributed by atoms with Crippen LogP contribution in [0.4, 0.5) is 0 Å². The lowest BCUT2D eigenvalue weighted by Crippen LogP contribution is -2.50. The fourth-order valence-corrected chi connectivity index (χ4v) is 4.83. The largest absolute Gasteiger partial charge is 0.347 e. The summed E-state index contributed by atoms with van der Waals surface area (Å²) >= 11 is 0. The standard InChI is InChI=1S/C27H29N3O2/c31-26-24-13-7-8-14-25(24)27(22-11-5-2-6-12-22,30(26)20-21-9-3-1-4-10-21)32-18-15-23-19-28-16-17-29-23/h1-14,23,28-29H,15-20H2. The number of piperazine rings is 1. The van der Waals surface area contributed by atoms with Gasteiger partial charge in [0.1, 0.15) is 0 Å². The summed E-state index contributed by atoms with van der Waals surface area (Å²) in [6, 6.07) is 28.5. The van der Waals surface area contributed by atoms with Gasteiger partial charge in [0.25, 0.3) is 5.91 Å². The summed E-state index contributed by atoms with van der Waals surface area (Å²) in [4.78, 5) is 15.6. The molecule has 3 aromatic rings. The zero-order valence-electron chi connectivity index (χ0n) is 18.2. The van der Waals surface area contributed by atoms with E-state index in [1.807, 2.05) is 65.6 Å². The Bertz CT molecular complexity index is 1050. The Kier molecular flexibility index (Phi) is 6.04. The fourth-order valence-electron chi connectivity index (χ4n) is 4.83. The van der Waals surface area contributed by atoms with E-state index < -0.39 is 5.72 Å². The molecule has 1 fully saturated rings. The summed E-state index contributed by atoms with van der Waals surface area (Å²) in [6.45, 7) is 3.92. The van der Waals surface area contributed by atoms with Crippen molar-refractivity contribution in [2.45, 2.75) is 24.7 Å². The monoisotopic (exact) mass is 427 g/mol. The van der Waals surface area contributed by atoms with Gasteiger partial charge in [0.2, 0.25) is 0 Å². The molecule has 5 rings (SSSR count). The van der Waals surface area contributed by atoms with Crippen LogP contribution in [0.5, 0.6) is 0 Å². The fraction of sp³-hybridized carbons (Fsp3) is 0.296. The maximum absolute atomic E-state index is 13.7. The number of carbonyl (C=O) groups is 1. The van der Waals surface area contributed by atoms with Gasteiger partial charge in [-0.25, -0.2) is 0 Å². The van der Waals surface area contributed by atoms with Crippen molar-refractivity contribution in [1.29, 1.82) is 0 Å². The molecule has 5 heteroatoms. The van der Waals surface area contributed by atoms with Crippen LogP contribution in [-0.4, -0.2) is 43.1 Å². The Hall–Kier alpha value is -2.99. The highest BCUT2D eigenvalue weighted by atomic mass is 16.5. The highest BCUT2D eigenvalue weighted by Crippen LogP contribution is 2.46. The molecule has 0 spiro atoms. The summed E-state index contributed by atoms with van der Waals surface area (Å²) in [5, 5.41) is 6.99. The Morgan fingerprint density at radius 2 is 1.62 bits per heavy atom. The van der Waals surface area contributed by atoms with E-state index in [9.17, 15) is 4.79 Å². The summed E-state index contributed by atoms with van der Waals surface area (Å²) in [5.41, 5.74) is 2.73. The number of nitrogens with one attached hydrogen (secondary N) is 2. The minimum atomic E-state index is -0.952. The molecule has 2 unspecified atom stereocenters. The molecular weight excluding hydrogens is 398 g/mol. The maximum atomic E-state index is 13.7. The molecule has 0 bridgehead atoms. The van der Waals surface area contributed by atoms with Crippen molar-refractivity contribution < 1.29 is 9.53 Å². The highest BCUT2D eigenvalue weighted by molar-refractivity contribution is 6.00. The molecule has 1 amide bonds. The first-order chi connectivity index (χ1) is 15.8.